The molecule has 1 heterocycles. The second kappa shape index (κ2) is 5.16. The number of benzene rings is 1. The van der Waals surface area contributed by atoms with E-state index < -0.39 is 6.04 Å². The Labute approximate surface area is 115 Å². The van der Waals surface area contributed by atoms with Gasteiger partial charge in [-0.3, -0.25) is 9.59 Å². The largest absolute Gasteiger partial charge is 0.345 e. The Bertz CT molecular complexity index is 485. The molecule has 1 unspecified atom stereocenters. The van der Waals surface area contributed by atoms with Gasteiger partial charge in [0.15, 0.2) is 0 Å². The van der Waals surface area contributed by atoms with E-state index >= 15 is 0 Å². The van der Waals surface area contributed by atoms with E-state index in [-0.39, 0.29) is 24.9 Å². The van der Waals surface area contributed by atoms with Gasteiger partial charge >= 0.3 is 0 Å². The van der Waals surface area contributed by atoms with E-state index in [1.807, 2.05) is 0 Å². The maximum Gasteiger partial charge on any atom is 0.242 e. The van der Waals surface area contributed by atoms with Crippen molar-refractivity contribution in [2.45, 2.75) is 19.5 Å². The summed E-state index contributed by atoms with van der Waals surface area (Å²) in [6, 6.07) is 4.64. The van der Waals surface area contributed by atoms with Gasteiger partial charge in [-0.15, -0.1) is 0 Å². The minimum atomic E-state index is -0.515. The minimum Gasteiger partial charge on any atom is -0.345 e. The highest BCUT2D eigenvalue weighted by Gasteiger charge is 2.31. The number of nitrogens with zero attached hydrogens (tertiary/aromatic N) is 1. The molecule has 18 heavy (non-hydrogen) atoms. The number of halogens is 2. The monoisotopic (exact) mass is 286 g/mol. The van der Waals surface area contributed by atoms with Gasteiger partial charge in [0.05, 0.1) is 6.54 Å². The van der Waals surface area contributed by atoms with Crippen molar-refractivity contribution in [3.05, 3.63) is 33.8 Å². The van der Waals surface area contributed by atoms with Crippen molar-refractivity contribution in [2.24, 2.45) is 0 Å². The van der Waals surface area contributed by atoms with Crippen LogP contribution in [0.1, 0.15) is 12.5 Å². The third-order valence-electron chi connectivity index (χ3n) is 2.97. The Kier molecular flexibility index (Phi) is 3.78. The van der Waals surface area contributed by atoms with E-state index in [0.717, 1.165) is 0 Å². The van der Waals surface area contributed by atoms with Crippen LogP contribution < -0.4 is 5.32 Å². The molecule has 0 aromatic heterocycles. The Morgan fingerprint density at radius 2 is 1.94 bits per heavy atom. The summed E-state index contributed by atoms with van der Waals surface area (Å²) in [6.07, 6.45) is 0. The van der Waals surface area contributed by atoms with Crippen LogP contribution in [0.15, 0.2) is 18.2 Å². The van der Waals surface area contributed by atoms with Gasteiger partial charge in [0.1, 0.15) is 6.04 Å². The van der Waals surface area contributed by atoms with Crippen molar-refractivity contribution in [3.8, 4) is 0 Å². The lowest BCUT2D eigenvalue weighted by atomic mass is 10.1. The van der Waals surface area contributed by atoms with Crippen molar-refractivity contribution in [1.29, 1.82) is 0 Å². The molecule has 1 atom stereocenters. The summed E-state index contributed by atoms with van der Waals surface area (Å²) in [6.45, 7) is 1.94. The topological polar surface area (TPSA) is 49.4 Å². The zero-order chi connectivity index (χ0) is 13.3. The third kappa shape index (κ3) is 2.44. The summed E-state index contributed by atoms with van der Waals surface area (Å²) < 4.78 is 0. The highest BCUT2D eigenvalue weighted by Crippen LogP contribution is 2.26. The molecule has 0 radical (unpaired) electrons. The van der Waals surface area contributed by atoms with Crippen LogP contribution >= 0.6 is 23.2 Å². The molecule has 2 rings (SSSR count). The first-order valence-electron chi connectivity index (χ1n) is 5.50. The summed E-state index contributed by atoms with van der Waals surface area (Å²) in [4.78, 5) is 24.8. The fourth-order valence-electron chi connectivity index (χ4n) is 1.85. The van der Waals surface area contributed by atoms with Crippen LogP contribution in [0.25, 0.3) is 0 Å². The first-order chi connectivity index (χ1) is 8.50. The van der Waals surface area contributed by atoms with Crippen molar-refractivity contribution in [1.82, 2.24) is 10.2 Å². The van der Waals surface area contributed by atoms with Crippen LogP contribution in [0.4, 0.5) is 0 Å². The minimum absolute atomic E-state index is 0.0191. The number of carbonyl (C=O) groups is 2. The zero-order valence-corrected chi connectivity index (χ0v) is 11.3. The van der Waals surface area contributed by atoms with Crippen LogP contribution in [0.3, 0.4) is 0 Å². The Morgan fingerprint density at radius 3 is 2.56 bits per heavy atom. The van der Waals surface area contributed by atoms with Crippen molar-refractivity contribution >= 4 is 35.0 Å². The SMILES string of the molecule is CC1C(=O)NCC(=O)N1Cc1c(Cl)cccc1Cl. The molecule has 1 aromatic carbocycles. The van der Waals surface area contributed by atoms with E-state index in [1.54, 1.807) is 25.1 Å². The first-order valence-corrected chi connectivity index (χ1v) is 6.26. The smallest absolute Gasteiger partial charge is 0.242 e. The highest BCUT2D eigenvalue weighted by atomic mass is 35.5. The van der Waals surface area contributed by atoms with E-state index in [9.17, 15) is 9.59 Å². The number of nitrogens with one attached hydrogen (secondary N) is 1. The lowest BCUT2D eigenvalue weighted by Crippen LogP contribution is -2.56. The van der Waals surface area contributed by atoms with Crippen LogP contribution in [-0.2, 0) is 16.1 Å². The summed E-state index contributed by atoms with van der Waals surface area (Å²) in [5, 5.41) is 3.52. The van der Waals surface area contributed by atoms with E-state index in [2.05, 4.69) is 5.32 Å². The average molecular weight is 287 g/mol. The van der Waals surface area contributed by atoms with Crippen LogP contribution in [0.2, 0.25) is 10.0 Å². The molecule has 1 saturated heterocycles. The predicted octanol–water partition coefficient (Wildman–Crippen LogP) is 1.84. The van der Waals surface area contributed by atoms with Gasteiger partial charge in [0.25, 0.3) is 0 Å². The predicted molar refractivity (Wildman–Crippen MR) is 69.5 cm³/mol. The molecular weight excluding hydrogens is 275 g/mol. The number of piperazine rings is 1. The summed E-state index contributed by atoms with van der Waals surface area (Å²) in [5.74, 6) is -0.309. The molecule has 1 aliphatic heterocycles. The molecule has 2 amide bonds. The van der Waals surface area contributed by atoms with Gasteiger partial charge in [-0.05, 0) is 19.1 Å². The van der Waals surface area contributed by atoms with E-state index in [0.29, 0.717) is 15.6 Å². The molecule has 1 fully saturated rings. The number of rotatable bonds is 2. The molecule has 0 spiro atoms. The zero-order valence-electron chi connectivity index (χ0n) is 9.74. The van der Waals surface area contributed by atoms with E-state index in [1.165, 1.54) is 4.90 Å². The van der Waals surface area contributed by atoms with Crippen molar-refractivity contribution < 1.29 is 9.59 Å². The molecule has 96 valence electrons. The maximum atomic E-state index is 11.8. The normalized spacial score (nSPS) is 19.9. The Morgan fingerprint density at radius 1 is 1.33 bits per heavy atom. The summed E-state index contributed by atoms with van der Waals surface area (Å²) >= 11 is 12.1. The Balaban J connectivity index is 2.27. The fourth-order valence-corrected chi connectivity index (χ4v) is 2.37. The second-order valence-corrected chi connectivity index (χ2v) is 4.93. The summed E-state index contributed by atoms with van der Waals surface area (Å²) in [5.41, 5.74) is 0.663. The molecule has 0 saturated carbocycles. The quantitative estimate of drug-likeness (QED) is 0.902. The molecule has 1 aliphatic rings. The number of carbonyl (C=O) groups excluding carboxylic acids is 2. The average Bonchev–Trinajstić information content (AvgIpc) is 2.33. The van der Waals surface area contributed by atoms with Gasteiger partial charge in [-0.2, -0.15) is 0 Å². The van der Waals surface area contributed by atoms with Gasteiger partial charge in [0, 0.05) is 22.2 Å². The van der Waals surface area contributed by atoms with Crippen LogP contribution in [0, 0.1) is 0 Å². The van der Waals surface area contributed by atoms with Crippen molar-refractivity contribution in [3.63, 3.8) is 0 Å². The van der Waals surface area contributed by atoms with E-state index in [4.69, 9.17) is 23.2 Å². The Hall–Kier alpha value is -1.26. The molecule has 4 nitrogen and oxygen atoms in total. The summed E-state index contributed by atoms with van der Waals surface area (Å²) in [7, 11) is 0. The number of amides is 2. The standard InChI is InChI=1S/C12H12Cl2N2O2/c1-7-12(18)15-5-11(17)16(7)6-8-9(13)3-2-4-10(8)14/h2-4,7H,5-6H2,1H3,(H,15,18). The lowest BCUT2D eigenvalue weighted by molar-refractivity contribution is -0.145. The van der Waals surface area contributed by atoms with Crippen LogP contribution in [0.5, 0.6) is 0 Å². The van der Waals surface area contributed by atoms with Crippen LogP contribution in [-0.4, -0.2) is 29.3 Å². The number of hydrogen-bond donors (Lipinski definition) is 1. The van der Waals surface area contributed by atoms with Gasteiger partial charge < -0.3 is 10.2 Å². The molecule has 1 N–H and O–H groups in total. The number of hydrogen-bond acceptors (Lipinski definition) is 2. The van der Waals surface area contributed by atoms with Crippen molar-refractivity contribution in [2.75, 3.05) is 6.54 Å². The third-order valence-corrected chi connectivity index (χ3v) is 3.68. The van der Waals surface area contributed by atoms with Gasteiger partial charge in [-0.25, -0.2) is 0 Å². The molecule has 1 aromatic rings. The maximum absolute atomic E-state index is 11.8. The lowest BCUT2D eigenvalue weighted by Gasteiger charge is -2.33. The van der Waals surface area contributed by atoms with Gasteiger partial charge in [-0.1, -0.05) is 29.3 Å². The molecule has 0 bridgehead atoms. The first kappa shape index (κ1) is 13.2. The highest BCUT2D eigenvalue weighted by molar-refractivity contribution is 6.36. The second-order valence-electron chi connectivity index (χ2n) is 4.12. The van der Waals surface area contributed by atoms with Gasteiger partial charge in [0.2, 0.25) is 11.8 Å². The molecular formula is C12H12Cl2N2O2. The molecule has 6 heteroatoms. The fraction of sp³-hybridized carbons (Fsp3) is 0.333. The molecule has 0 aliphatic carbocycles.